The Morgan fingerprint density at radius 2 is 1.94 bits per heavy atom. The zero-order valence-electron chi connectivity index (χ0n) is 17.8. The number of halogens is 2. The molecular formula is C23H20ClFN4O3S. The first kappa shape index (κ1) is 24.1. The Balaban J connectivity index is 1.73. The Kier molecular flexibility index (Phi) is 7.92. The molecule has 3 rings (SSSR count). The lowest BCUT2D eigenvalue weighted by molar-refractivity contribution is -0.116. The first-order valence-electron chi connectivity index (χ1n) is 9.87. The van der Waals surface area contributed by atoms with Crippen LogP contribution in [0.4, 0.5) is 26.6 Å². The standard InChI is InChI=1S/C23H20ClFN4O3S/c1-3-21(31)26-15-8-10-17(24)19(12-15)28-22(32)11-9-16-13-33-23(27-16)29(14(2)30)20-7-5-4-6-18(20)25/h4-13H,3H2,1-2H3,(H,26,31)(H,28,32)/b11-9+. The smallest absolute Gasteiger partial charge is 0.248 e. The predicted octanol–water partition coefficient (Wildman–Crippen LogP) is 5.62. The quantitative estimate of drug-likeness (QED) is 0.424. The first-order valence-corrected chi connectivity index (χ1v) is 11.1. The second-order valence-electron chi connectivity index (χ2n) is 6.78. The van der Waals surface area contributed by atoms with E-state index in [9.17, 15) is 18.8 Å². The Labute approximate surface area is 198 Å². The number of para-hydroxylation sites is 1. The molecule has 0 aliphatic rings. The number of rotatable bonds is 7. The van der Waals surface area contributed by atoms with E-state index in [-0.39, 0.29) is 16.7 Å². The molecule has 0 saturated carbocycles. The van der Waals surface area contributed by atoms with Gasteiger partial charge in [-0.25, -0.2) is 9.37 Å². The van der Waals surface area contributed by atoms with Gasteiger partial charge in [-0.2, -0.15) is 0 Å². The first-order chi connectivity index (χ1) is 15.8. The van der Waals surface area contributed by atoms with Crippen LogP contribution in [0.2, 0.25) is 5.02 Å². The van der Waals surface area contributed by atoms with Crippen LogP contribution < -0.4 is 15.5 Å². The minimum absolute atomic E-state index is 0.0947. The van der Waals surface area contributed by atoms with Crippen molar-refractivity contribution in [1.82, 2.24) is 4.98 Å². The van der Waals surface area contributed by atoms with Crippen molar-refractivity contribution in [2.45, 2.75) is 20.3 Å². The molecule has 10 heteroatoms. The normalized spacial score (nSPS) is 10.8. The van der Waals surface area contributed by atoms with Gasteiger partial charge in [-0.15, -0.1) is 11.3 Å². The SMILES string of the molecule is CCC(=O)Nc1ccc(Cl)c(NC(=O)/C=C/c2csc(N(C(C)=O)c3ccccc3F)n2)c1. The lowest BCUT2D eigenvalue weighted by Crippen LogP contribution is -2.23. The van der Waals surface area contributed by atoms with E-state index in [2.05, 4.69) is 15.6 Å². The molecule has 2 aromatic carbocycles. The van der Waals surface area contributed by atoms with Gasteiger partial charge < -0.3 is 10.6 Å². The predicted molar refractivity (Wildman–Crippen MR) is 129 cm³/mol. The van der Waals surface area contributed by atoms with E-state index in [0.717, 1.165) is 11.3 Å². The molecule has 2 N–H and O–H groups in total. The average Bonchev–Trinajstić information content (AvgIpc) is 3.24. The van der Waals surface area contributed by atoms with Crippen molar-refractivity contribution >= 4 is 68.9 Å². The Morgan fingerprint density at radius 3 is 2.64 bits per heavy atom. The van der Waals surface area contributed by atoms with E-state index in [0.29, 0.717) is 28.5 Å². The summed E-state index contributed by atoms with van der Waals surface area (Å²) in [4.78, 5) is 41.5. The number of thiazole rings is 1. The molecule has 0 unspecified atom stereocenters. The second-order valence-corrected chi connectivity index (χ2v) is 8.02. The molecular weight excluding hydrogens is 467 g/mol. The van der Waals surface area contributed by atoms with Crippen LogP contribution in [-0.2, 0) is 14.4 Å². The number of carbonyl (C=O) groups excluding carboxylic acids is 3. The Bertz CT molecular complexity index is 1230. The highest BCUT2D eigenvalue weighted by molar-refractivity contribution is 7.14. The van der Waals surface area contributed by atoms with E-state index in [1.54, 1.807) is 36.6 Å². The number of aromatic nitrogens is 1. The highest BCUT2D eigenvalue weighted by Gasteiger charge is 2.20. The van der Waals surface area contributed by atoms with Gasteiger partial charge in [0.15, 0.2) is 5.13 Å². The van der Waals surface area contributed by atoms with Crippen molar-refractivity contribution in [3.63, 3.8) is 0 Å². The molecule has 0 aliphatic heterocycles. The fourth-order valence-electron chi connectivity index (χ4n) is 2.78. The number of hydrogen-bond donors (Lipinski definition) is 2. The number of amides is 3. The van der Waals surface area contributed by atoms with E-state index >= 15 is 0 Å². The molecule has 1 aromatic heterocycles. The van der Waals surface area contributed by atoms with E-state index in [1.165, 1.54) is 42.2 Å². The van der Waals surface area contributed by atoms with Crippen molar-refractivity contribution < 1.29 is 18.8 Å². The van der Waals surface area contributed by atoms with Gasteiger partial charge in [0.2, 0.25) is 17.7 Å². The van der Waals surface area contributed by atoms with E-state index in [1.807, 2.05) is 0 Å². The largest absolute Gasteiger partial charge is 0.326 e. The number of benzene rings is 2. The summed E-state index contributed by atoms with van der Waals surface area (Å²) in [5.74, 6) is -1.58. The fraction of sp³-hybridized carbons (Fsp3) is 0.130. The zero-order chi connectivity index (χ0) is 24.0. The number of nitrogens with one attached hydrogen (secondary N) is 2. The maximum Gasteiger partial charge on any atom is 0.248 e. The minimum atomic E-state index is -0.548. The number of anilines is 4. The molecule has 7 nitrogen and oxygen atoms in total. The average molecular weight is 487 g/mol. The summed E-state index contributed by atoms with van der Waals surface area (Å²) in [5.41, 5.74) is 1.36. The molecule has 0 saturated heterocycles. The molecule has 3 amide bonds. The number of nitrogens with zero attached hydrogens (tertiary/aromatic N) is 2. The van der Waals surface area contributed by atoms with Crippen LogP contribution in [-0.4, -0.2) is 22.7 Å². The summed E-state index contributed by atoms with van der Waals surface area (Å²) in [5, 5.41) is 7.57. The topological polar surface area (TPSA) is 91.4 Å². The van der Waals surface area contributed by atoms with Crippen LogP contribution >= 0.6 is 22.9 Å². The third-order valence-corrected chi connectivity index (χ3v) is 5.52. The number of carbonyl (C=O) groups is 3. The summed E-state index contributed by atoms with van der Waals surface area (Å²) >= 11 is 7.28. The van der Waals surface area contributed by atoms with Gasteiger partial charge in [0.05, 0.1) is 22.1 Å². The van der Waals surface area contributed by atoms with Crippen molar-refractivity contribution in [2.75, 3.05) is 15.5 Å². The van der Waals surface area contributed by atoms with Gasteiger partial charge in [0.25, 0.3) is 0 Å². The maximum atomic E-state index is 14.2. The fourth-order valence-corrected chi connectivity index (χ4v) is 3.79. The monoisotopic (exact) mass is 486 g/mol. The minimum Gasteiger partial charge on any atom is -0.326 e. The lowest BCUT2D eigenvalue weighted by atomic mass is 10.2. The van der Waals surface area contributed by atoms with Crippen molar-refractivity contribution in [2.24, 2.45) is 0 Å². The molecule has 33 heavy (non-hydrogen) atoms. The van der Waals surface area contributed by atoms with Gasteiger partial charge in [-0.1, -0.05) is 30.7 Å². The molecule has 1 heterocycles. The van der Waals surface area contributed by atoms with E-state index in [4.69, 9.17) is 11.6 Å². The Morgan fingerprint density at radius 1 is 1.18 bits per heavy atom. The van der Waals surface area contributed by atoms with Crippen molar-refractivity contribution in [3.05, 3.63) is 70.5 Å². The van der Waals surface area contributed by atoms with Crippen LogP contribution in [0.1, 0.15) is 26.0 Å². The molecule has 0 atom stereocenters. The third-order valence-electron chi connectivity index (χ3n) is 4.34. The highest BCUT2D eigenvalue weighted by Crippen LogP contribution is 2.31. The van der Waals surface area contributed by atoms with E-state index < -0.39 is 17.6 Å². The summed E-state index contributed by atoms with van der Waals surface area (Å²) < 4.78 is 14.2. The third kappa shape index (κ3) is 6.24. The van der Waals surface area contributed by atoms with Gasteiger partial charge in [0, 0.05) is 30.5 Å². The molecule has 0 radical (unpaired) electrons. The second kappa shape index (κ2) is 10.8. The molecule has 0 bridgehead atoms. The van der Waals surface area contributed by atoms with Crippen LogP contribution in [0.3, 0.4) is 0 Å². The summed E-state index contributed by atoms with van der Waals surface area (Å²) in [6, 6.07) is 10.7. The van der Waals surface area contributed by atoms with Gasteiger partial charge in [0.1, 0.15) is 5.82 Å². The van der Waals surface area contributed by atoms with Crippen LogP contribution in [0, 0.1) is 5.82 Å². The maximum absolute atomic E-state index is 14.2. The van der Waals surface area contributed by atoms with Crippen LogP contribution in [0.5, 0.6) is 0 Å². The highest BCUT2D eigenvalue weighted by atomic mass is 35.5. The molecule has 0 fully saturated rings. The molecule has 0 spiro atoms. The van der Waals surface area contributed by atoms with Crippen molar-refractivity contribution in [3.8, 4) is 0 Å². The Hall–Kier alpha value is -3.56. The van der Waals surface area contributed by atoms with Crippen LogP contribution in [0.15, 0.2) is 53.9 Å². The summed E-state index contributed by atoms with van der Waals surface area (Å²) in [6.07, 6.45) is 3.04. The molecule has 3 aromatic rings. The summed E-state index contributed by atoms with van der Waals surface area (Å²) in [6.45, 7) is 3.05. The molecule has 170 valence electrons. The summed E-state index contributed by atoms with van der Waals surface area (Å²) in [7, 11) is 0. The van der Waals surface area contributed by atoms with Gasteiger partial charge >= 0.3 is 0 Å². The van der Waals surface area contributed by atoms with Crippen molar-refractivity contribution in [1.29, 1.82) is 0 Å². The van der Waals surface area contributed by atoms with Gasteiger partial charge in [-0.05, 0) is 36.4 Å². The molecule has 0 aliphatic carbocycles. The zero-order valence-corrected chi connectivity index (χ0v) is 19.3. The number of hydrogen-bond acceptors (Lipinski definition) is 5. The van der Waals surface area contributed by atoms with Crippen LogP contribution in [0.25, 0.3) is 6.08 Å². The lowest BCUT2D eigenvalue weighted by Gasteiger charge is -2.18. The van der Waals surface area contributed by atoms with Gasteiger partial charge in [-0.3, -0.25) is 19.3 Å².